The van der Waals surface area contributed by atoms with E-state index in [0.29, 0.717) is 9.90 Å². The van der Waals surface area contributed by atoms with Crippen molar-refractivity contribution < 1.29 is 9.53 Å². The van der Waals surface area contributed by atoms with Crippen molar-refractivity contribution in [3.8, 4) is 10.4 Å². The predicted octanol–water partition coefficient (Wildman–Crippen LogP) is 4.39. The standard InChI is InChI=1S/C16H16ClNO2S/c1-18(2)9-8-12-10-14(21-15(12)16(19)20-3)11-4-6-13(17)7-5-11/h4-10H,1-3H3. The van der Waals surface area contributed by atoms with Crippen molar-refractivity contribution in [1.29, 1.82) is 0 Å². The average Bonchev–Trinajstić information content (AvgIpc) is 2.89. The molecule has 0 bridgehead atoms. The number of benzene rings is 1. The number of nitrogens with zero attached hydrogens (tertiary/aromatic N) is 1. The number of hydrogen-bond acceptors (Lipinski definition) is 4. The molecule has 2 rings (SSSR count). The van der Waals surface area contributed by atoms with Gasteiger partial charge in [0.1, 0.15) is 4.88 Å². The highest BCUT2D eigenvalue weighted by molar-refractivity contribution is 7.17. The summed E-state index contributed by atoms with van der Waals surface area (Å²) in [6.45, 7) is 0. The van der Waals surface area contributed by atoms with Crippen molar-refractivity contribution in [3.05, 3.63) is 52.0 Å². The zero-order valence-corrected chi connectivity index (χ0v) is 13.7. The van der Waals surface area contributed by atoms with E-state index in [2.05, 4.69) is 0 Å². The highest BCUT2D eigenvalue weighted by Crippen LogP contribution is 2.33. The van der Waals surface area contributed by atoms with E-state index in [1.165, 1.54) is 18.4 Å². The van der Waals surface area contributed by atoms with Crippen LogP contribution in [-0.2, 0) is 4.74 Å². The van der Waals surface area contributed by atoms with Crippen LogP contribution in [0.3, 0.4) is 0 Å². The van der Waals surface area contributed by atoms with Gasteiger partial charge in [-0.05, 0) is 36.0 Å². The van der Waals surface area contributed by atoms with Crippen LogP contribution in [0.4, 0.5) is 0 Å². The van der Waals surface area contributed by atoms with E-state index in [0.717, 1.165) is 16.0 Å². The third kappa shape index (κ3) is 3.86. The normalized spacial score (nSPS) is 10.9. The quantitative estimate of drug-likeness (QED) is 0.782. The number of carbonyl (C=O) groups excluding carboxylic acids is 1. The van der Waals surface area contributed by atoms with Gasteiger partial charge in [-0.15, -0.1) is 11.3 Å². The second-order valence-electron chi connectivity index (χ2n) is 4.67. The Bertz CT molecular complexity index is 659. The number of esters is 1. The van der Waals surface area contributed by atoms with Gasteiger partial charge in [-0.25, -0.2) is 4.79 Å². The topological polar surface area (TPSA) is 29.5 Å². The SMILES string of the molecule is COC(=O)c1sc(-c2ccc(Cl)cc2)cc1C=CN(C)C. The molecule has 3 nitrogen and oxygen atoms in total. The summed E-state index contributed by atoms with van der Waals surface area (Å²) in [6.07, 6.45) is 3.81. The van der Waals surface area contributed by atoms with E-state index in [1.807, 2.05) is 61.6 Å². The van der Waals surface area contributed by atoms with E-state index in [9.17, 15) is 4.79 Å². The van der Waals surface area contributed by atoms with Gasteiger partial charge in [0, 0.05) is 29.6 Å². The van der Waals surface area contributed by atoms with Crippen LogP contribution in [0.1, 0.15) is 15.2 Å². The van der Waals surface area contributed by atoms with Crippen molar-refractivity contribution in [3.63, 3.8) is 0 Å². The highest BCUT2D eigenvalue weighted by atomic mass is 35.5. The molecule has 0 amide bonds. The van der Waals surface area contributed by atoms with E-state index < -0.39 is 0 Å². The van der Waals surface area contributed by atoms with Crippen molar-refractivity contribution in [1.82, 2.24) is 4.90 Å². The van der Waals surface area contributed by atoms with E-state index in [1.54, 1.807) is 0 Å². The number of rotatable bonds is 4. The smallest absolute Gasteiger partial charge is 0.348 e. The maximum atomic E-state index is 11.9. The molecule has 0 fully saturated rings. The van der Waals surface area contributed by atoms with Gasteiger partial charge >= 0.3 is 5.97 Å². The summed E-state index contributed by atoms with van der Waals surface area (Å²) in [5.41, 5.74) is 1.88. The van der Waals surface area contributed by atoms with Crippen molar-refractivity contribution >= 4 is 35.0 Å². The monoisotopic (exact) mass is 321 g/mol. The largest absolute Gasteiger partial charge is 0.465 e. The predicted molar refractivity (Wildman–Crippen MR) is 88.8 cm³/mol. The molecule has 0 aliphatic rings. The van der Waals surface area contributed by atoms with Crippen LogP contribution in [0.15, 0.2) is 36.5 Å². The molecule has 1 aromatic heterocycles. The first kappa shape index (κ1) is 15.6. The average molecular weight is 322 g/mol. The van der Waals surface area contributed by atoms with Crippen LogP contribution < -0.4 is 0 Å². The zero-order chi connectivity index (χ0) is 15.4. The van der Waals surface area contributed by atoms with Gasteiger partial charge in [0.25, 0.3) is 0 Å². The molecule has 0 radical (unpaired) electrons. The Morgan fingerprint density at radius 2 is 1.95 bits per heavy atom. The summed E-state index contributed by atoms with van der Waals surface area (Å²) in [5.74, 6) is -0.321. The van der Waals surface area contributed by atoms with E-state index >= 15 is 0 Å². The minimum atomic E-state index is -0.321. The molecule has 0 spiro atoms. The second-order valence-corrected chi connectivity index (χ2v) is 6.16. The van der Waals surface area contributed by atoms with Crippen LogP contribution >= 0.6 is 22.9 Å². The summed E-state index contributed by atoms with van der Waals surface area (Å²) < 4.78 is 4.85. The summed E-state index contributed by atoms with van der Waals surface area (Å²) in [6, 6.07) is 9.54. The molecule has 1 heterocycles. The lowest BCUT2D eigenvalue weighted by Gasteiger charge is -2.03. The third-order valence-electron chi connectivity index (χ3n) is 2.81. The second kappa shape index (κ2) is 6.78. The third-order valence-corrected chi connectivity index (χ3v) is 4.24. The molecule has 0 N–H and O–H groups in total. The lowest BCUT2D eigenvalue weighted by atomic mass is 10.1. The molecule has 0 saturated carbocycles. The number of thiophene rings is 1. The minimum Gasteiger partial charge on any atom is -0.465 e. The number of hydrogen-bond donors (Lipinski definition) is 0. The molecule has 110 valence electrons. The number of halogens is 1. The molecule has 2 aromatic rings. The van der Waals surface area contributed by atoms with Gasteiger partial charge in [-0.1, -0.05) is 23.7 Å². The fourth-order valence-corrected chi connectivity index (χ4v) is 2.96. The summed E-state index contributed by atoms with van der Waals surface area (Å²) >= 11 is 7.32. The first-order valence-electron chi connectivity index (χ1n) is 6.34. The molecule has 5 heteroatoms. The number of carbonyl (C=O) groups is 1. The molecule has 0 unspecified atom stereocenters. The first-order chi connectivity index (χ1) is 10.0. The molecular formula is C16H16ClNO2S. The fourth-order valence-electron chi connectivity index (χ4n) is 1.77. The van der Waals surface area contributed by atoms with Crippen LogP contribution in [0.5, 0.6) is 0 Å². The van der Waals surface area contributed by atoms with Crippen molar-refractivity contribution in [2.75, 3.05) is 21.2 Å². The minimum absolute atomic E-state index is 0.321. The fraction of sp³-hybridized carbons (Fsp3) is 0.188. The van der Waals surface area contributed by atoms with Gasteiger partial charge in [-0.2, -0.15) is 0 Å². The lowest BCUT2D eigenvalue weighted by Crippen LogP contribution is -2.02. The Morgan fingerprint density at radius 3 is 2.52 bits per heavy atom. The molecule has 0 aliphatic carbocycles. The lowest BCUT2D eigenvalue weighted by molar-refractivity contribution is 0.0606. The van der Waals surface area contributed by atoms with Gasteiger partial charge in [0.05, 0.1) is 7.11 Å². The first-order valence-corrected chi connectivity index (χ1v) is 7.53. The summed E-state index contributed by atoms with van der Waals surface area (Å²) in [5, 5.41) is 0.691. The van der Waals surface area contributed by atoms with E-state index in [-0.39, 0.29) is 5.97 Å². The van der Waals surface area contributed by atoms with Gasteiger partial charge < -0.3 is 9.64 Å². The molecular weight excluding hydrogens is 306 g/mol. The molecule has 0 aliphatic heterocycles. The Balaban J connectivity index is 2.44. The van der Waals surface area contributed by atoms with Crippen LogP contribution in [0.25, 0.3) is 16.5 Å². The number of methoxy groups -OCH3 is 1. The van der Waals surface area contributed by atoms with Crippen molar-refractivity contribution in [2.45, 2.75) is 0 Å². The van der Waals surface area contributed by atoms with Crippen molar-refractivity contribution in [2.24, 2.45) is 0 Å². The van der Waals surface area contributed by atoms with Gasteiger partial charge in [-0.3, -0.25) is 0 Å². The number of ether oxygens (including phenoxy) is 1. The molecule has 21 heavy (non-hydrogen) atoms. The molecule has 1 aromatic carbocycles. The molecule has 0 atom stereocenters. The maximum absolute atomic E-state index is 11.9. The summed E-state index contributed by atoms with van der Waals surface area (Å²) in [7, 11) is 5.25. The maximum Gasteiger partial charge on any atom is 0.348 e. The Kier molecular flexibility index (Phi) is 5.04. The Morgan fingerprint density at radius 1 is 1.29 bits per heavy atom. The van der Waals surface area contributed by atoms with Crippen LogP contribution in [0, 0.1) is 0 Å². The molecule has 0 saturated heterocycles. The Labute approximate surface area is 133 Å². The highest BCUT2D eigenvalue weighted by Gasteiger charge is 2.16. The Hall–Kier alpha value is -1.78. The van der Waals surface area contributed by atoms with Crippen LogP contribution in [-0.4, -0.2) is 32.1 Å². The van der Waals surface area contributed by atoms with E-state index in [4.69, 9.17) is 16.3 Å². The van der Waals surface area contributed by atoms with Gasteiger partial charge in [0.15, 0.2) is 0 Å². The van der Waals surface area contributed by atoms with Gasteiger partial charge in [0.2, 0.25) is 0 Å². The zero-order valence-electron chi connectivity index (χ0n) is 12.1. The van der Waals surface area contributed by atoms with Crippen LogP contribution in [0.2, 0.25) is 5.02 Å². The summed E-state index contributed by atoms with van der Waals surface area (Å²) in [4.78, 5) is 15.4.